The van der Waals surface area contributed by atoms with Crippen LogP contribution in [0.5, 0.6) is 11.5 Å². The molecule has 2 rings (SSSR count). The molecular formula is C19H23FN2O3. The summed E-state index contributed by atoms with van der Waals surface area (Å²) in [5, 5.41) is 2.84. The Kier molecular flexibility index (Phi) is 7.22. The summed E-state index contributed by atoms with van der Waals surface area (Å²) < 4.78 is 23.5. The molecule has 134 valence electrons. The number of methoxy groups -OCH3 is 1. The normalized spacial score (nSPS) is 10.6. The highest BCUT2D eigenvalue weighted by atomic mass is 19.1. The van der Waals surface area contributed by atoms with Gasteiger partial charge in [0.25, 0.3) is 0 Å². The Morgan fingerprint density at radius 3 is 2.60 bits per heavy atom. The van der Waals surface area contributed by atoms with Gasteiger partial charge in [-0.15, -0.1) is 0 Å². The van der Waals surface area contributed by atoms with E-state index in [0.29, 0.717) is 30.3 Å². The molecule has 5 nitrogen and oxygen atoms in total. The summed E-state index contributed by atoms with van der Waals surface area (Å²) in [6.45, 7) is 1.49. The highest BCUT2D eigenvalue weighted by Crippen LogP contribution is 2.22. The van der Waals surface area contributed by atoms with E-state index in [-0.39, 0.29) is 18.3 Å². The number of hydrogen-bond donors (Lipinski definition) is 1. The van der Waals surface area contributed by atoms with Crippen LogP contribution >= 0.6 is 0 Å². The van der Waals surface area contributed by atoms with Gasteiger partial charge >= 0.3 is 0 Å². The Bertz CT molecular complexity index is 677. The quantitative estimate of drug-likeness (QED) is 0.709. The predicted octanol–water partition coefficient (Wildman–Crippen LogP) is 3.17. The number of para-hydroxylation sites is 2. The average molecular weight is 346 g/mol. The van der Waals surface area contributed by atoms with Crippen LogP contribution in [-0.4, -0.2) is 44.7 Å². The minimum atomic E-state index is -0.284. The molecular weight excluding hydrogens is 323 g/mol. The van der Waals surface area contributed by atoms with Crippen molar-refractivity contribution in [3.8, 4) is 11.5 Å². The van der Waals surface area contributed by atoms with E-state index in [9.17, 15) is 9.18 Å². The Morgan fingerprint density at radius 2 is 1.88 bits per heavy atom. The van der Waals surface area contributed by atoms with Crippen molar-refractivity contribution in [1.82, 2.24) is 4.90 Å². The molecule has 0 spiro atoms. The minimum Gasteiger partial charge on any atom is -0.495 e. The molecule has 0 aromatic heterocycles. The Morgan fingerprint density at radius 1 is 1.16 bits per heavy atom. The zero-order valence-electron chi connectivity index (χ0n) is 14.5. The largest absolute Gasteiger partial charge is 0.495 e. The number of nitrogens with zero attached hydrogens (tertiary/aromatic N) is 1. The monoisotopic (exact) mass is 346 g/mol. The van der Waals surface area contributed by atoms with E-state index in [0.717, 1.165) is 6.42 Å². The second-order valence-corrected chi connectivity index (χ2v) is 5.64. The van der Waals surface area contributed by atoms with Crippen LogP contribution in [0.4, 0.5) is 10.1 Å². The van der Waals surface area contributed by atoms with Crippen LogP contribution in [-0.2, 0) is 4.79 Å². The molecule has 6 heteroatoms. The maximum absolute atomic E-state index is 12.8. The maximum Gasteiger partial charge on any atom is 0.238 e. The fraction of sp³-hybridized carbons (Fsp3) is 0.316. The number of benzene rings is 2. The molecule has 0 saturated heterocycles. The number of carbonyl (C=O) groups is 1. The van der Waals surface area contributed by atoms with Crippen molar-refractivity contribution < 1.29 is 18.7 Å². The molecule has 0 radical (unpaired) electrons. The summed E-state index contributed by atoms with van der Waals surface area (Å²) in [5.41, 5.74) is 0.656. The number of anilines is 1. The first-order valence-corrected chi connectivity index (χ1v) is 8.08. The van der Waals surface area contributed by atoms with Gasteiger partial charge in [-0.3, -0.25) is 9.69 Å². The summed E-state index contributed by atoms with van der Waals surface area (Å²) in [4.78, 5) is 14.0. The van der Waals surface area contributed by atoms with Crippen molar-refractivity contribution in [3.05, 3.63) is 54.3 Å². The first kappa shape index (κ1) is 18.7. The number of rotatable bonds is 9. The maximum atomic E-state index is 12.8. The van der Waals surface area contributed by atoms with Crippen molar-refractivity contribution in [1.29, 1.82) is 0 Å². The summed E-state index contributed by atoms with van der Waals surface area (Å²) in [6, 6.07) is 13.2. The van der Waals surface area contributed by atoms with Gasteiger partial charge in [0.1, 0.15) is 17.3 Å². The third-order valence-electron chi connectivity index (χ3n) is 3.56. The average Bonchev–Trinajstić information content (AvgIpc) is 2.60. The lowest BCUT2D eigenvalue weighted by molar-refractivity contribution is -0.117. The van der Waals surface area contributed by atoms with Crippen molar-refractivity contribution in [2.75, 3.05) is 39.2 Å². The van der Waals surface area contributed by atoms with Crippen LogP contribution in [0, 0.1) is 5.82 Å². The molecule has 0 aliphatic carbocycles. The third kappa shape index (κ3) is 6.43. The molecule has 0 bridgehead atoms. The summed E-state index contributed by atoms with van der Waals surface area (Å²) in [6.07, 6.45) is 0.760. The molecule has 25 heavy (non-hydrogen) atoms. The minimum absolute atomic E-state index is 0.105. The van der Waals surface area contributed by atoms with Gasteiger partial charge in [-0.2, -0.15) is 0 Å². The van der Waals surface area contributed by atoms with E-state index < -0.39 is 0 Å². The zero-order chi connectivity index (χ0) is 18.1. The van der Waals surface area contributed by atoms with Gasteiger partial charge in [0.15, 0.2) is 0 Å². The van der Waals surface area contributed by atoms with E-state index in [2.05, 4.69) is 5.32 Å². The van der Waals surface area contributed by atoms with Crippen molar-refractivity contribution >= 4 is 11.6 Å². The lowest BCUT2D eigenvalue weighted by atomic mass is 10.3. The molecule has 0 atom stereocenters. The number of carbonyl (C=O) groups excluding carboxylic acids is 1. The number of nitrogens with one attached hydrogen (secondary N) is 1. The molecule has 0 saturated carbocycles. The highest BCUT2D eigenvalue weighted by molar-refractivity contribution is 5.93. The van der Waals surface area contributed by atoms with E-state index in [1.165, 1.54) is 12.1 Å². The van der Waals surface area contributed by atoms with E-state index in [1.54, 1.807) is 31.4 Å². The van der Waals surface area contributed by atoms with Crippen LogP contribution in [0.1, 0.15) is 6.42 Å². The van der Waals surface area contributed by atoms with Crippen LogP contribution in [0.2, 0.25) is 0 Å². The van der Waals surface area contributed by atoms with Gasteiger partial charge in [0.05, 0.1) is 25.9 Å². The van der Waals surface area contributed by atoms with Crippen LogP contribution in [0.15, 0.2) is 48.5 Å². The van der Waals surface area contributed by atoms with E-state index >= 15 is 0 Å². The lowest BCUT2D eigenvalue weighted by Crippen LogP contribution is -2.31. The smallest absolute Gasteiger partial charge is 0.238 e. The topological polar surface area (TPSA) is 50.8 Å². The second-order valence-electron chi connectivity index (χ2n) is 5.64. The Labute approximate surface area is 147 Å². The van der Waals surface area contributed by atoms with Gasteiger partial charge in [0, 0.05) is 6.54 Å². The number of hydrogen-bond acceptors (Lipinski definition) is 4. The van der Waals surface area contributed by atoms with Crippen LogP contribution < -0.4 is 14.8 Å². The summed E-state index contributed by atoms with van der Waals surface area (Å²) in [7, 11) is 3.44. The van der Waals surface area contributed by atoms with Gasteiger partial charge in [-0.1, -0.05) is 12.1 Å². The van der Waals surface area contributed by atoms with Crippen molar-refractivity contribution in [2.24, 2.45) is 0 Å². The van der Waals surface area contributed by atoms with Crippen LogP contribution in [0.3, 0.4) is 0 Å². The SMILES string of the molecule is COc1ccccc1NC(=O)CN(C)CCCOc1ccc(F)cc1. The number of likely N-dealkylation sites (N-methyl/N-ethyl adjacent to an activating group) is 1. The summed E-state index contributed by atoms with van der Waals surface area (Å²) >= 11 is 0. The molecule has 2 aromatic rings. The third-order valence-corrected chi connectivity index (χ3v) is 3.56. The standard InChI is InChI=1S/C19H23FN2O3/c1-22(12-5-13-25-16-10-8-15(20)9-11-16)14-19(23)21-17-6-3-4-7-18(17)24-2/h3-4,6-11H,5,12-14H2,1-2H3,(H,21,23). The molecule has 0 aliphatic heterocycles. The summed E-state index contributed by atoms with van der Waals surface area (Å²) in [5.74, 6) is 0.878. The van der Waals surface area contributed by atoms with E-state index in [4.69, 9.17) is 9.47 Å². The van der Waals surface area contributed by atoms with Gasteiger partial charge in [-0.05, 0) is 49.9 Å². The second kappa shape index (κ2) is 9.64. The lowest BCUT2D eigenvalue weighted by Gasteiger charge is -2.17. The van der Waals surface area contributed by atoms with Crippen LogP contribution in [0.25, 0.3) is 0 Å². The fourth-order valence-electron chi connectivity index (χ4n) is 2.32. The molecule has 2 aromatic carbocycles. The zero-order valence-corrected chi connectivity index (χ0v) is 14.5. The molecule has 1 N–H and O–H groups in total. The molecule has 0 heterocycles. The Balaban J connectivity index is 1.68. The van der Waals surface area contributed by atoms with Crippen molar-refractivity contribution in [2.45, 2.75) is 6.42 Å². The highest BCUT2D eigenvalue weighted by Gasteiger charge is 2.09. The molecule has 1 amide bonds. The predicted molar refractivity (Wildman–Crippen MR) is 95.6 cm³/mol. The van der Waals surface area contributed by atoms with Gasteiger partial charge < -0.3 is 14.8 Å². The number of ether oxygens (including phenoxy) is 2. The molecule has 0 unspecified atom stereocenters. The first-order valence-electron chi connectivity index (χ1n) is 8.08. The van der Waals surface area contributed by atoms with Gasteiger partial charge in [0.2, 0.25) is 5.91 Å². The van der Waals surface area contributed by atoms with Gasteiger partial charge in [-0.25, -0.2) is 4.39 Å². The molecule has 0 fully saturated rings. The van der Waals surface area contributed by atoms with Crippen molar-refractivity contribution in [3.63, 3.8) is 0 Å². The van der Waals surface area contributed by atoms with E-state index in [1.807, 2.05) is 24.1 Å². The fourth-order valence-corrected chi connectivity index (χ4v) is 2.32. The number of amides is 1. The Hall–Kier alpha value is -2.60. The number of halogens is 1. The molecule has 0 aliphatic rings. The first-order chi connectivity index (χ1) is 12.1.